The summed E-state index contributed by atoms with van der Waals surface area (Å²) in [4.78, 5) is 13.1. The van der Waals surface area contributed by atoms with E-state index in [0.717, 1.165) is 12.1 Å². The zero-order valence-corrected chi connectivity index (χ0v) is 9.73. The molecule has 0 aliphatic rings. The third kappa shape index (κ3) is 3.39. The SMILES string of the molecule is CCc1ccc(N(C)CC(=O)CC#N)cc1. The van der Waals surface area contributed by atoms with Crippen molar-refractivity contribution in [3.63, 3.8) is 0 Å². The lowest BCUT2D eigenvalue weighted by Gasteiger charge is -2.18. The molecular formula is C13H16N2O. The van der Waals surface area contributed by atoms with E-state index in [1.807, 2.05) is 30.1 Å². The van der Waals surface area contributed by atoms with Gasteiger partial charge in [-0.05, 0) is 24.1 Å². The Bertz CT molecular complexity index is 389. The lowest BCUT2D eigenvalue weighted by molar-refractivity contribution is -0.116. The Balaban J connectivity index is 2.62. The average Bonchev–Trinajstić information content (AvgIpc) is 2.29. The van der Waals surface area contributed by atoms with Gasteiger partial charge in [-0.15, -0.1) is 0 Å². The van der Waals surface area contributed by atoms with Gasteiger partial charge in [0.25, 0.3) is 0 Å². The van der Waals surface area contributed by atoms with Crippen molar-refractivity contribution < 1.29 is 4.79 Å². The quantitative estimate of drug-likeness (QED) is 0.757. The Hall–Kier alpha value is -1.82. The van der Waals surface area contributed by atoms with Gasteiger partial charge in [0.15, 0.2) is 5.78 Å². The molecule has 3 heteroatoms. The third-order valence-electron chi connectivity index (χ3n) is 2.48. The van der Waals surface area contributed by atoms with Crippen molar-refractivity contribution in [1.82, 2.24) is 0 Å². The molecule has 0 spiro atoms. The minimum absolute atomic E-state index is 0.0165. The number of hydrogen-bond donors (Lipinski definition) is 0. The van der Waals surface area contributed by atoms with Crippen LogP contribution >= 0.6 is 0 Å². The van der Waals surface area contributed by atoms with E-state index in [-0.39, 0.29) is 12.2 Å². The number of carbonyl (C=O) groups is 1. The molecule has 0 unspecified atom stereocenters. The number of carbonyl (C=O) groups excluding carboxylic acids is 1. The predicted octanol–water partition coefficient (Wildman–Crippen LogP) is 2.17. The van der Waals surface area contributed by atoms with E-state index in [9.17, 15) is 4.79 Å². The van der Waals surface area contributed by atoms with Crippen LogP contribution in [0.3, 0.4) is 0 Å². The highest BCUT2D eigenvalue weighted by Gasteiger charge is 2.06. The van der Waals surface area contributed by atoms with Gasteiger partial charge in [0.2, 0.25) is 0 Å². The zero-order valence-electron chi connectivity index (χ0n) is 9.73. The number of likely N-dealkylation sites (N-methyl/N-ethyl adjacent to an activating group) is 1. The summed E-state index contributed by atoms with van der Waals surface area (Å²) in [6, 6.07) is 9.98. The van der Waals surface area contributed by atoms with Gasteiger partial charge in [-0.1, -0.05) is 19.1 Å². The molecular weight excluding hydrogens is 200 g/mol. The molecule has 84 valence electrons. The van der Waals surface area contributed by atoms with Crippen molar-refractivity contribution in [2.24, 2.45) is 0 Å². The Morgan fingerprint density at radius 3 is 2.50 bits per heavy atom. The fourth-order valence-electron chi connectivity index (χ4n) is 1.49. The molecule has 0 aliphatic carbocycles. The number of rotatable bonds is 5. The molecule has 0 saturated heterocycles. The highest BCUT2D eigenvalue weighted by atomic mass is 16.1. The normalized spacial score (nSPS) is 9.56. The second-order valence-electron chi connectivity index (χ2n) is 3.75. The van der Waals surface area contributed by atoms with E-state index in [4.69, 9.17) is 5.26 Å². The van der Waals surface area contributed by atoms with Crippen LogP contribution in [0.15, 0.2) is 24.3 Å². The van der Waals surface area contributed by atoms with Crippen molar-refractivity contribution in [2.75, 3.05) is 18.5 Å². The Morgan fingerprint density at radius 2 is 2.00 bits per heavy atom. The van der Waals surface area contributed by atoms with Gasteiger partial charge in [-0.2, -0.15) is 5.26 Å². The van der Waals surface area contributed by atoms with Crippen LogP contribution < -0.4 is 4.90 Å². The third-order valence-corrected chi connectivity index (χ3v) is 2.48. The fraction of sp³-hybridized carbons (Fsp3) is 0.385. The Labute approximate surface area is 96.3 Å². The number of hydrogen-bond acceptors (Lipinski definition) is 3. The first-order valence-electron chi connectivity index (χ1n) is 5.36. The van der Waals surface area contributed by atoms with Crippen molar-refractivity contribution in [3.8, 4) is 6.07 Å². The first kappa shape index (κ1) is 12.3. The van der Waals surface area contributed by atoms with Gasteiger partial charge >= 0.3 is 0 Å². The van der Waals surface area contributed by atoms with Crippen molar-refractivity contribution in [1.29, 1.82) is 5.26 Å². The maximum absolute atomic E-state index is 11.3. The van der Waals surface area contributed by atoms with Crippen LogP contribution in [0.1, 0.15) is 18.9 Å². The molecule has 0 radical (unpaired) electrons. The van der Waals surface area contributed by atoms with Crippen molar-refractivity contribution in [2.45, 2.75) is 19.8 Å². The largest absolute Gasteiger partial charge is 0.367 e. The average molecular weight is 216 g/mol. The Kier molecular flexibility index (Phi) is 4.53. The van der Waals surface area contributed by atoms with Crippen LogP contribution in [-0.4, -0.2) is 19.4 Å². The lowest BCUT2D eigenvalue weighted by atomic mass is 10.1. The number of aryl methyl sites for hydroxylation is 1. The molecule has 0 aromatic heterocycles. The summed E-state index contributed by atoms with van der Waals surface area (Å²) in [6.45, 7) is 2.40. The van der Waals surface area contributed by atoms with Gasteiger partial charge in [0.05, 0.1) is 19.0 Å². The zero-order chi connectivity index (χ0) is 12.0. The second-order valence-corrected chi connectivity index (χ2v) is 3.75. The number of benzene rings is 1. The monoisotopic (exact) mass is 216 g/mol. The van der Waals surface area contributed by atoms with Crippen molar-refractivity contribution in [3.05, 3.63) is 29.8 Å². The summed E-state index contributed by atoms with van der Waals surface area (Å²) < 4.78 is 0. The first-order chi connectivity index (χ1) is 7.67. The molecule has 3 nitrogen and oxygen atoms in total. The highest BCUT2D eigenvalue weighted by Crippen LogP contribution is 2.14. The van der Waals surface area contributed by atoms with Crippen LogP contribution in [0.4, 0.5) is 5.69 Å². The van der Waals surface area contributed by atoms with E-state index in [2.05, 4.69) is 19.1 Å². The number of Topliss-reactive ketones (excluding diaryl/α,β-unsaturated/α-hetero) is 1. The molecule has 1 rings (SSSR count). The lowest BCUT2D eigenvalue weighted by Crippen LogP contribution is -2.25. The van der Waals surface area contributed by atoms with E-state index in [0.29, 0.717) is 6.54 Å². The molecule has 0 fully saturated rings. The maximum Gasteiger partial charge on any atom is 0.166 e. The topological polar surface area (TPSA) is 44.1 Å². The van der Waals surface area contributed by atoms with E-state index in [1.165, 1.54) is 5.56 Å². The predicted molar refractivity (Wildman–Crippen MR) is 64.3 cm³/mol. The van der Waals surface area contributed by atoms with Crippen LogP contribution in [-0.2, 0) is 11.2 Å². The van der Waals surface area contributed by atoms with Crippen LogP contribution in [0.5, 0.6) is 0 Å². The van der Waals surface area contributed by atoms with Gasteiger partial charge < -0.3 is 4.90 Å². The molecule has 0 N–H and O–H groups in total. The second kappa shape index (κ2) is 5.92. The summed E-state index contributed by atoms with van der Waals surface area (Å²) in [6.07, 6.45) is 0.995. The summed E-state index contributed by atoms with van der Waals surface area (Å²) in [5.74, 6) is -0.0513. The minimum Gasteiger partial charge on any atom is -0.367 e. The summed E-state index contributed by atoms with van der Waals surface area (Å²) in [7, 11) is 1.86. The van der Waals surface area contributed by atoms with Crippen LogP contribution in [0, 0.1) is 11.3 Å². The van der Waals surface area contributed by atoms with Crippen LogP contribution in [0.2, 0.25) is 0 Å². The molecule has 1 aromatic carbocycles. The molecule has 0 saturated carbocycles. The van der Waals surface area contributed by atoms with Gasteiger partial charge in [-0.3, -0.25) is 4.79 Å². The fourth-order valence-corrected chi connectivity index (χ4v) is 1.49. The summed E-state index contributed by atoms with van der Waals surface area (Å²) >= 11 is 0. The molecule has 0 bridgehead atoms. The number of ketones is 1. The molecule has 0 aliphatic heterocycles. The van der Waals surface area contributed by atoms with E-state index >= 15 is 0 Å². The van der Waals surface area contributed by atoms with Gasteiger partial charge in [-0.25, -0.2) is 0 Å². The maximum atomic E-state index is 11.3. The molecule has 0 amide bonds. The molecule has 1 aromatic rings. The van der Waals surface area contributed by atoms with Crippen molar-refractivity contribution >= 4 is 11.5 Å². The smallest absolute Gasteiger partial charge is 0.166 e. The molecule has 16 heavy (non-hydrogen) atoms. The van der Waals surface area contributed by atoms with Gasteiger partial charge in [0, 0.05) is 12.7 Å². The molecule has 0 atom stereocenters. The highest BCUT2D eigenvalue weighted by molar-refractivity contribution is 5.85. The summed E-state index contributed by atoms with van der Waals surface area (Å²) in [5.41, 5.74) is 2.28. The first-order valence-corrected chi connectivity index (χ1v) is 5.36. The van der Waals surface area contributed by atoms with E-state index in [1.54, 1.807) is 0 Å². The number of nitriles is 1. The standard InChI is InChI=1S/C13H16N2O/c1-3-11-4-6-12(7-5-11)15(2)10-13(16)8-9-14/h4-7H,3,8,10H2,1-2H3. The number of anilines is 1. The van der Waals surface area contributed by atoms with Gasteiger partial charge in [0.1, 0.15) is 0 Å². The van der Waals surface area contributed by atoms with Crippen LogP contribution in [0.25, 0.3) is 0 Å². The Morgan fingerprint density at radius 1 is 1.38 bits per heavy atom. The number of nitrogens with zero attached hydrogens (tertiary/aromatic N) is 2. The minimum atomic E-state index is -0.0513. The van der Waals surface area contributed by atoms with E-state index < -0.39 is 0 Å². The molecule has 0 heterocycles. The summed E-state index contributed by atoms with van der Waals surface area (Å²) in [5, 5.41) is 8.40.